The van der Waals surface area contributed by atoms with Crippen LogP contribution in [0.5, 0.6) is 0 Å². The number of hydrogen-bond donors (Lipinski definition) is 0. The Labute approximate surface area is 103 Å². The molecule has 0 unspecified atom stereocenters. The average Bonchev–Trinajstić information content (AvgIpc) is 2.31. The Kier molecular flexibility index (Phi) is 3.43. The van der Waals surface area contributed by atoms with E-state index in [4.69, 9.17) is 11.8 Å². The summed E-state index contributed by atoms with van der Waals surface area (Å²) in [5, 5.41) is 2.46. The van der Waals surface area contributed by atoms with Gasteiger partial charge in [-0.3, -0.25) is 0 Å². The summed E-state index contributed by atoms with van der Waals surface area (Å²) in [6.07, 6.45) is 0. The molecular formula is C12H10PSSe. The van der Waals surface area contributed by atoms with E-state index in [0.717, 1.165) is 0 Å². The predicted octanol–water partition coefficient (Wildman–Crippen LogP) is 2.20. The van der Waals surface area contributed by atoms with Gasteiger partial charge < -0.3 is 0 Å². The molecule has 0 saturated carbocycles. The van der Waals surface area contributed by atoms with E-state index in [1.54, 1.807) is 0 Å². The van der Waals surface area contributed by atoms with Gasteiger partial charge in [-0.1, -0.05) is 0 Å². The Morgan fingerprint density at radius 2 is 1.07 bits per heavy atom. The van der Waals surface area contributed by atoms with Crippen molar-refractivity contribution in [2.75, 3.05) is 0 Å². The van der Waals surface area contributed by atoms with E-state index in [1.165, 1.54) is 10.6 Å². The summed E-state index contributed by atoms with van der Waals surface area (Å²) in [6, 6.07) is 20.6. The zero-order valence-electron chi connectivity index (χ0n) is 8.04. The van der Waals surface area contributed by atoms with Gasteiger partial charge in [0, 0.05) is 0 Å². The van der Waals surface area contributed by atoms with E-state index in [2.05, 4.69) is 39.8 Å². The minimum atomic E-state index is -1.69. The molecule has 0 N–H and O–H groups in total. The number of benzene rings is 2. The summed E-state index contributed by atoms with van der Waals surface area (Å²) < 4.78 is -1.69. The Morgan fingerprint density at radius 3 is 1.40 bits per heavy atom. The first-order chi connectivity index (χ1) is 7.21. The molecule has 15 heavy (non-hydrogen) atoms. The molecule has 3 heteroatoms. The van der Waals surface area contributed by atoms with Crippen molar-refractivity contribution in [2.24, 2.45) is 0 Å². The molecule has 75 valence electrons. The first-order valence-electron chi connectivity index (χ1n) is 4.63. The standard InChI is InChI=1S/C12H10PSSe/c14-13(15,11-7-3-1-4-8-11)12-9-5-2-6-10-12/h1-10H. The van der Waals surface area contributed by atoms with E-state index in [0.29, 0.717) is 0 Å². The normalized spacial score (nSPS) is 11.3. The van der Waals surface area contributed by atoms with Crippen LogP contribution in [0.1, 0.15) is 0 Å². The van der Waals surface area contributed by atoms with Gasteiger partial charge in [0.2, 0.25) is 0 Å². The molecule has 0 aromatic heterocycles. The average molecular weight is 296 g/mol. The third-order valence-corrected chi connectivity index (χ3v) is 8.07. The predicted molar refractivity (Wildman–Crippen MR) is 72.2 cm³/mol. The van der Waals surface area contributed by atoms with Crippen LogP contribution >= 0.6 is 4.73 Å². The fourth-order valence-corrected chi connectivity index (χ4v) is 5.09. The summed E-state index contributed by atoms with van der Waals surface area (Å²) in [6.45, 7) is 0. The van der Waals surface area contributed by atoms with Crippen molar-refractivity contribution in [3.05, 3.63) is 60.7 Å². The fourth-order valence-electron chi connectivity index (χ4n) is 1.40. The molecule has 2 aromatic rings. The SMILES string of the molecule is S=P([Se])(c1ccccc1)c1ccccc1. The van der Waals surface area contributed by atoms with Gasteiger partial charge in [-0.2, -0.15) is 0 Å². The Morgan fingerprint density at radius 1 is 0.733 bits per heavy atom. The van der Waals surface area contributed by atoms with Crippen LogP contribution in [0.15, 0.2) is 60.7 Å². The fraction of sp³-hybridized carbons (Fsp3) is 0. The van der Waals surface area contributed by atoms with Crippen LogP contribution in [0.2, 0.25) is 0 Å². The quantitative estimate of drug-likeness (QED) is 0.605. The van der Waals surface area contributed by atoms with Crippen molar-refractivity contribution in [2.45, 2.75) is 0 Å². The van der Waals surface area contributed by atoms with Gasteiger partial charge in [-0.05, 0) is 0 Å². The Balaban J connectivity index is 2.50. The van der Waals surface area contributed by atoms with Gasteiger partial charge in [-0.25, -0.2) is 0 Å². The van der Waals surface area contributed by atoms with Crippen LogP contribution in [0.25, 0.3) is 0 Å². The van der Waals surface area contributed by atoms with Gasteiger partial charge in [-0.15, -0.1) is 0 Å². The third-order valence-electron chi connectivity index (χ3n) is 2.19. The molecule has 0 aliphatic heterocycles. The van der Waals surface area contributed by atoms with Crippen LogP contribution in [0, 0.1) is 0 Å². The molecule has 0 aliphatic rings. The van der Waals surface area contributed by atoms with Gasteiger partial charge in [0.05, 0.1) is 0 Å². The first kappa shape index (κ1) is 11.1. The molecule has 0 spiro atoms. The Bertz CT molecular complexity index is 438. The van der Waals surface area contributed by atoms with Crippen LogP contribution in [0.3, 0.4) is 0 Å². The van der Waals surface area contributed by atoms with Crippen molar-refractivity contribution in [1.82, 2.24) is 0 Å². The van der Waals surface area contributed by atoms with Gasteiger partial charge in [0.15, 0.2) is 0 Å². The second kappa shape index (κ2) is 4.63. The zero-order chi connectivity index (χ0) is 10.7. The summed E-state index contributed by atoms with van der Waals surface area (Å²) in [4.78, 5) is 0. The zero-order valence-corrected chi connectivity index (χ0v) is 11.5. The molecule has 2 rings (SSSR count). The Hall–Kier alpha value is -0.391. The summed E-state index contributed by atoms with van der Waals surface area (Å²) >= 11 is 8.94. The van der Waals surface area contributed by atoms with Crippen LogP contribution in [0.4, 0.5) is 0 Å². The van der Waals surface area contributed by atoms with Crippen molar-refractivity contribution >= 4 is 42.7 Å². The van der Waals surface area contributed by atoms with E-state index < -0.39 is 4.73 Å². The molecule has 0 aliphatic carbocycles. The van der Waals surface area contributed by atoms with Crippen molar-refractivity contribution in [3.63, 3.8) is 0 Å². The van der Waals surface area contributed by atoms with E-state index in [1.807, 2.05) is 36.4 Å². The van der Waals surface area contributed by atoms with Crippen LogP contribution in [-0.2, 0) is 11.8 Å². The van der Waals surface area contributed by atoms with E-state index >= 15 is 0 Å². The minimum absolute atomic E-state index is 1.23. The third kappa shape index (κ3) is 2.41. The maximum absolute atomic E-state index is 5.73. The van der Waals surface area contributed by atoms with Crippen molar-refractivity contribution in [3.8, 4) is 0 Å². The van der Waals surface area contributed by atoms with E-state index in [9.17, 15) is 0 Å². The van der Waals surface area contributed by atoms with Crippen LogP contribution in [-0.4, -0.2) is 15.6 Å². The summed E-state index contributed by atoms with van der Waals surface area (Å²) in [5.41, 5.74) is 0. The maximum atomic E-state index is 5.73. The summed E-state index contributed by atoms with van der Waals surface area (Å²) in [5.74, 6) is 0. The second-order valence-corrected chi connectivity index (χ2v) is 12.0. The molecule has 0 bridgehead atoms. The molecule has 1 radical (unpaired) electrons. The molecule has 0 saturated heterocycles. The van der Waals surface area contributed by atoms with Crippen molar-refractivity contribution < 1.29 is 0 Å². The molecule has 0 heterocycles. The van der Waals surface area contributed by atoms with Crippen LogP contribution < -0.4 is 10.6 Å². The van der Waals surface area contributed by atoms with E-state index in [-0.39, 0.29) is 0 Å². The monoisotopic (exact) mass is 297 g/mol. The molecule has 2 aromatic carbocycles. The molecule has 0 amide bonds. The van der Waals surface area contributed by atoms with Gasteiger partial charge >= 0.3 is 103 Å². The van der Waals surface area contributed by atoms with Crippen molar-refractivity contribution in [1.29, 1.82) is 0 Å². The van der Waals surface area contributed by atoms with Gasteiger partial charge in [0.25, 0.3) is 0 Å². The molecule has 0 nitrogen and oxygen atoms in total. The molecule has 0 atom stereocenters. The second-order valence-electron chi connectivity index (χ2n) is 3.22. The van der Waals surface area contributed by atoms with Gasteiger partial charge in [0.1, 0.15) is 0 Å². The first-order valence-corrected chi connectivity index (χ1v) is 9.65. The summed E-state index contributed by atoms with van der Waals surface area (Å²) in [7, 11) is 0. The number of rotatable bonds is 2. The number of hydrogen-bond acceptors (Lipinski definition) is 1. The molecule has 0 fully saturated rings. The topological polar surface area (TPSA) is 0 Å². The molecular weight excluding hydrogens is 286 g/mol.